The van der Waals surface area contributed by atoms with Gasteiger partial charge in [-0.1, -0.05) is 24.3 Å². The highest BCUT2D eigenvalue weighted by molar-refractivity contribution is 7.97. The van der Waals surface area contributed by atoms with Crippen molar-refractivity contribution in [3.05, 3.63) is 41.6 Å². The van der Waals surface area contributed by atoms with E-state index in [1.165, 1.54) is 0 Å². The van der Waals surface area contributed by atoms with Crippen molar-refractivity contribution in [2.24, 2.45) is 7.05 Å². The lowest BCUT2D eigenvalue weighted by Gasteiger charge is -2.06. The van der Waals surface area contributed by atoms with E-state index in [9.17, 15) is 9.90 Å². The van der Waals surface area contributed by atoms with Gasteiger partial charge in [-0.25, -0.2) is 4.79 Å². The van der Waals surface area contributed by atoms with E-state index >= 15 is 0 Å². The van der Waals surface area contributed by atoms with Crippen molar-refractivity contribution in [3.8, 4) is 5.75 Å². The van der Waals surface area contributed by atoms with Crippen LogP contribution in [0.5, 0.6) is 5.75 Å². The summed E-state index contributed by atoms with van der Waals surface area (Å²) in [5.74, 6) is 0.547. The molecule has 1 N–H and O–H groups in total. The van der Waals surface area contributed by atoms with Crippen molar-refractivity contribution < 1.29 is 14.6 Å². The Balaban J connectivity index is 2.45. The number of hydrogen-bond acceptors (Lipinski definition) is 4. The Morgan fingerprint density at radius 2 is 1.96 bits per heavy atom. The number of carbonyl (C=O) groups is 1. The van der Waals surface area contributed by atoms with E-state index in [1.54, 1.807) is 24.8 Å². The van der Waals surface area contributed by atoms with Crippen molar-refractivity contribution >= 4 is 39.4 Å². The molecule has 120 valence electrons. The molecule has 0 atom stereocenters. The second kappa shape index (κ2) is 6.16. The molecule has 0 bridgehead atoms. The molecule has 3 rings (SSSR count). The molecule has 1 aromatic heterocycles. The van der Waals surface area contributed by atoms with Crippen LogP contribution in [-0.4, -0.2) is 28.5 Å². The van der Waals surface area contributed by atoms with Crippen molar-refractivity contribution in [2.75, 3.05) is 12.9 Å². The summed E-state index contributed by atoms with van der Waals surface area (Å²) in [6.07, 6.45) is 2.00. The van der Waals surface area contributed by atoms with Crippen LogP contribution in [0.4, 0.5) is 0 Å². The minimum Gasteiger partial charge on any atom is -0.507 e. The summed E-state index contributed by atoms with van der Waals surface area (Å²) in [6.45, 7) is 2.12. The van der Waals surface area contributed by atoms with Gasteiger partial charge in [0.1, 0.15) is 5.75 Å². The molecule has 0 fully saturated rings. The van der Waals surface area contributed by atoms with Crippen LogP contribution in [0, 0.1) is 0 Å². The summed E-state index contributed by atoms with van der Waals surface area (Å²) in [5, 5.41) is 12.8. The average molecular weight is 329 g/mol. The highest BCUT2D eigenvalue weighted by atomic mass is 32.2. The Morgan fingerprint density at radius 3 is 2.61 bits per heavy atom. The highest BCUT2D eigenvalue weighted by Crippen LogP contribution is 2.38. The van der Waals surface area contributed by atoms with Crippen LogP contribution in [0.15, 0.2) is 30.3 Å². The Kier molecular flexibility index (Phi) is 4.22. The van der Waals surface area contributed by atoms with Gasteiger partial charge in [-0.3, -0.25) is 0 Å². The van der Waals surface area contributed by atoms with Crippen LogP contribution >= 0.6 is 11.8 Å². The molecule has 2 aromatic carbocycles. The fourth-order valence-electron chi connectivity index (χ4n) is 3.09. The Labute approximate surface area is 139 Å². The third-order valence-electron chi connectivity index (χ3n) is 4.05. The molecule has 4 nitrogen and oxygen atoms in total. The van der Waals surface area contributed by atoms with Gasteiger partial charge < -0.3 is 14.4 Å². The van der Waals surface area contributed by atoms with Crippen LogP contribution in [0.25, 0.3) is 21.7 Å². The molecule has 0 radical (unpaired) electrons. The molecule has 1 heterocycles. The van der Waals surface area contributed by atoms with Gasteiger partial charge in [-0.15, -0.1) is 0 Å². The number of nitrogens with zero attached hydrogens (tertiary/aromatic N) is 1. The number of hydrogen-bond donors (Lipinski definition) is 1. The number of phenolic OH excluding ortho intramolecular Hbond substituents is 1. The highest BCUT2D eigenvalue weighted by Gasteiger charge is 2.24. The van der Waals surface area contributed by atoms with Crippen molar-refractivity contribution in [3.63, 3.8) is 0 Å². The lowest BCUT2D eigenvalue weighted by atomic mass is 10.0. The first kappa shape index (κ1) is 15.7. The summed E-state index contributed by atoms with van der Waals surface area (Å²) in [7, 11) is 1.96. The lowest BCUT2D eigenvalue weighted by Crippen LogP contribution is -2.08. The van der Waals surface area contributed by atoms with E-state index in [4.69, 9.17) is 4.74 Å². The topological polar surface area (TPSA) is 51.5 Å². The number of rotatable bonds is 4. The van der Waals surface area contributed by atoms with Gasteiger partial charge in [0, 0.05) is 34.7 Å². The summed E-state index contributed by atoms with van der Waals surface area (Å²) < 4.78 is 7.29. The number of aromatic nitrogens is 1. The van der Waals surface area contributed by atoms with Crippen LogP contribution in [-0.2, 0) is 17.5 Å². The second-order valence-electron chi connectivity index (χ2n) is 5.37. The molecule has 23 heavy (non-hydrogen) atoms. The normalized spacial score (nSPS) is 11.3. The second-order valence-corrected chi connectivity index (χ2v) is 6.24. The SMILES string of the molecule is CCOC(=O)c1c(CSC)n(C)c2c1cc(O)c1ccccc12. The van der Waals surface area contributed by atoms with Crippen molar-refractivity contribution in [1.82, 2.24) is 4.57 Å². The van der Waals surface area contributed by atoms with Crippen LogP contribution < -0.4 is 0 Å². The zero-order chi connectivity index (χ0) is 16.6. The molecule has 0 saturated heterocycles. The number of ether oxygens (including phenoxy) is 1. The monoisotopic (exact) mass is 329 g/mol. The van der Waals surface area contributed by atoms with E-state index in [0.29, 0.717) is 17.9 Å². The first-order valence-corrected chi connectivity index (χ1v) is 8.87. The third kappa shape index (κ3) is 2.45. The number of aromatic hydroxyl groups is 1. The van der Waals surface area contributed by atoms with Crippen LogP contribution in [0.3, 0.4) is 0 Å². The maximum atomic E-state index is 12.5. The molecule has 0 aliphatic rings. The zero-order valence-corrected chi connectivity index (χ0v) is 14.2. The van der Waals surface area contributed by atoms with Crippen LogP contribution in [0.1, 0.15) is 23.0 Å². The van der Waals surface area contributed by atoms with Gasteiger partial charge in [0.05, 0.1) is 17.7 Å². The number of thioether (sulfide) groups is 1. The first-order valence-electron chi connectivity index (χ1n) is 7.48. The minimum atomic E-state index is -0.336. The van der Waals surface area contributed by atoms with Gasteiger partial charge in [0.25, 0.3) is 0 Å². The molecule has 3 aromatic rings. The summed E-state index contributed by atoms with van der Waals surface area (Å²) in [4.78, 5) is 12.5. The summed E-state index contributed by atoms with van der Waals surface area (Å²) >= 11 is 1.65. The predicted molar refractivity (Wildman–Crippen MR) is 95.3 cm³/mol. The van der Waals surface area contributed by atoms with Gasteiger partial charge in [-0.05, 0) is 19.2 Å². The number of aryl methyl sites for hydroxylation is 1. The van der Waals surface area contributed by atoms with Crippen LogP contribution in [0.2, 0.25) is 0 Å². The lowest BCUT2D eigenvalue weighted by molar-refractivity contribution is 0.0527. The molecule has 5 heteroatoms. The zero-order valence-electron chi connectivity index (χ0n) is 13.4. The van der Waals surface area contributed by atoms with Gasteiger partial charge in [0.2, 0.25) is 0 Å². The number of carbonyl (C=O) groups excluding carboxylic acids is 1. The molecule has 0 saturated carbocycles. The van der Waals surface area contributed by atoms with Crippen molar-refractivity contribution in [2.45, 2.75) is 12.7 Å². The Morgan fingerprint density at radius 1 is 1.26 bits per heavy atom. The molecule has 0 aliphatic heterocycles. The molecular formula is C18H19NO3S. The fraction of sp³-hybridized carbons (Fsp3) is 0.278. The van der Waals surface area contributed by atoms with Gasteiger partial charge in [-0.2, -0.15) is 11.8 Å². The predicted octanol–water partition coefficient (Wildman–Crippen LogP) is 4.08. The van der Waals surface area contributed by atoms with E-state index in [-0.39, 0.29) is 11.7 Å². The Bertz CT molecular complexity index is 898. The molecule has 0 aliphatic carbocycles. The number of phenols is 1. The number of fused-ring (bicyclic) bond motifs is 3. The average Bonchev–Trinajstić information content (AvgIpc) is 2.81. The minimum absolute atomic E-state index is 0.181. The maximum absolute atomic E-state index is 12.5. The summed E-state index contributed by atoms with van der Waals surface area (Å²) in [6, 6.07) is 9.36. The molecule has 0 spiro atoms. The van der Waals surface area contributed by atoms with E-state index in [1.807, 2.05) is 42.1 Å². The van der Waals surface area contributed by atoms with E-state index in [2.05, 4.69) is 0 Å². The van der Waals surface area contributed by atoms with Crippen molar-refractivity contribution in [1.29, 1.82) is 0 Å². The van der Waals surface area contributed by atoms with E-state index < -0.39 is 0 Å². The van der Waals surface area contributed by atoms with E-state index in [0.717, 1.165) is 27.4 Å². The number of benzene rings is 2. The Hall–Kier alpha value is -2.14. The largest absolute Gasteiger partial charge is 0.507 e. The molecular weight excluding hydrogens is 310 g/mol. The fourth-order valence-corrected chi connectivity index (χ4v) is 3.70. The third-order valence-corrected chi connectivity index (χ3v) is 4.62. The maximum Gasteiger partial charge on any atom is 0.340 e. The molecule has 0 unspecified atom stereocenters. The molecule has 0 amide bonds. The first-order chi connectivity index (χ1) is 11.1. The summed E-state index contributed by atoms with van der Waals surface area (Å²) in [5.41, 5.74) is 2.42. The quantitative estimate of drug-likeness (QED) is 0.733. The number of esters is 1. The van der Waals surface area contributed by atoms with Gasteiger partial charge >= 0.3 is 5.97 Å². The standard InChI is InChI=1S/C18H19NO3S/c1-4-22-18(21)16-13-9-15(20)11-7-5-6-8-12(11)17(13)19(2)14(16)10-23-3/h5-9,20H,4,10H2,1-3H3. The van der Waals surface area contributed by atoms with Gasteiger partial charge in [0.15, 0.2) is 0 Å². The smallest absolute Gasteiger partial charge is 0.340 e.